The van der Waals surface area contributed by atoms with Crippen LogP contribution >= 0.6 is 0 Å². The van der Waals surface area contributed by atoms with Crippen LogP contribution in [0.2, 0.25) is 0 Å². The van der Waals surface area contributed by atoms with Gasteiger partial charge in [-0.1, -0.05) is 13.3 Å². The van der Waals surface area contributed by atoms with E-state index in [1.807, 2.05) is 0 Å². The van der Waals surface area contributed by atoms with Gasteiger partial charge in [-0.2, -0.15) is 0 Å². The highest BCUT2D eigenvalue weighted by Crippen LogP contribution is 2.34. The van der Waals surface area contributed by atoms with Crippen LogP contribution in [0.3, 0.4) is 0 Å². The molecule has 3 unspecified atom stereocenters. The number of hydrogen-bond donors (Lipinski definition) is 1. The van der Waals surface area contributed by atoms with Crippen LogP contribution < -0.4 is 0 Å². The Balaban J connectivity index is 2.07. The van der Waals surface area contributed by atoms with Crippen molar-refractivity contribution in [1.29, 1.82) is 0 Å². The smallest absolute Gasteiger partial charge is 0.308 e. The second-order valence-electron chi connectivity index (χ2n) is 5.79. The molecule has 2 fully saturated rings. The maximum Gasteiger partial charge on any atom is 0.308 e. The van der Waals surface area contributed by atoms with Crippen LogP contribution in [-0.4, -0.2) is 55.0 Å². The predicted molar refractivity (Wildman–Crippen MR) is 72.8 cm³/mol. The third kappa shape index (κ3) is 3.48. The average Bonchev–Trinajstić information content (AvgIpc) is 2.38. The average molecular weight is 289 g/mol. The lowest BCUT2D eigenvalue weighted by Gasteiger charge is -2.42. The Morgan fingerprint density at radius 1 is 1.26 bits per heavy atom. The van der Waals surface area contributed by atoms with E-state index in [0.717, 1.165) is 25.7 Å². The molecule has 2 rings (SSSR count). The maximum atomic E-state index is 11.5. The molecule has 5 nitrogen and oxygen atoms in total. The Labute approximate surface area is 114 Å². The fourth-order valence-corrected chi connectivity index (χ4v) is 4.58. The first-order valence-electron chi connectivity index (χ1n) is 7.10. The highest BCUT2D eigenvalue weighted by molar-refractivity contribution is 7.91. The first-order valence-corrected chi connectivity index (χ1v) is 8.92. The standard InChI is InChI=1S/C13H23NO4S/c1-2-10-3-4-11(13(15)16)12(9-10)14-5-7-19(17,18)8-6-14/h10-12H,2-9H2,1H3,(H,15,16). The van der Waals surface area contributed by atoms with Gasteiger partial charge in [-0.25, -0.2) is 8.42 Å². The van der Waals surface area contributed by atoms with E-state index in [0.29, 0.717) is 19.0 Å². The molecular weight excluding hydrogens is 266 g/mol. The Morgan fingerprint density at radius 3 is 2.42 bits per heavy atom. The van der Waals surface area contributed by atoms with E-state index in [2.05, 4.69) is 11.8 Å². The summed E-state index contributed by atoms with van der Waals surface area (Å²) in [5, 5.41) is 9.36. The van der Waals surface area contributed by atoms with Crippen LogP contribution in [0.5, 0.6) is 0 Å². The zero-order chi connectivity index (χ0) is 14.0. The topological polar surface area (TPSA) is 74.7 Å². The lowest BCUT2D eigenvalue weighted by molar-refractivity contribution is -0.146. The zero-order valence-electron chi connectivity index (χ0n) is 11.4. The molecular formula is C13H23NO4S. The van der Waals surface area contributed by atoms with Gasteiger partial charge in [-0.3, -0.25) is 9.69 Å². The second kappa shape index (κ2) is 5.79. The summed E-state index contributed by atoms with van der Waals surface area (Å²) in [6, 6.07) is 0.0201. The van der Waals surface area contributed by atoms with Gasteiger partial charge in [0.1, 0.15) is 0 Å². The number of sulfone groups is 1. The summed E-state index contributed by atoms with van der Waals surface area (Å²) < 4.78 is 22.9. The number of carboxylic acid groups (broad SMARTS) is 1. The highest BCUT2D eigenvalue weighted by Gasteiger charge is 2.39. The minimum atomic E-state index is -2.90. The zero-order valence-corrected chi connectivity index (χ0v) is 12.2. The lowest BCUT2D eigenvalue weighted by atomic mass is 9.76. The molecule has 2 aliphatic rings. The molecule has 1 heterocycles. The van der Waals surface area contributed by atoms with Gasteiger partial charge in [0.2, 0.25) is 0 Å². The summed E-state index contributed by atoms with van der Waals surface area (Å²) in [7, 11) is -2.90. The molecule has 0 bridgehead atoms. The first-order chi connectivity index (χ1) is 8.93. The van der Waals surface area contributed by atoms with E-state index >= 15 is 0 Å². The molecule has 0 aromatic heterocycles. The minimum absolute atomic E-state index is 0.0201. The second-order valence-corrected chi connectivity index (χ2v) is 8.09. The van der Waals surface area contributed by atoms with E-state index in [4.69, 9.17) is 0 Å². The number of nitrogens with zero attached hydrogens (tertiary/aromatic N) is 1. The molecule has 1 saturated heterocycles. The summed E-state index contributed by atoms with van der Waals surface area (Å²) in [6.07, 6.45) is 3.68. The summed E-state index contributed by atoms with van der Waals surface area (Å²) >= 11 is 0. The third-order valence-corrected chi connectivity index (χ3v) is 6.28. The monoisotopic (exact) mass is 289 g/mol. The molecule has 0 aromatic rings. The van der Waals surface area contributed by atoms with Crippen molar-refractivity contribution >= 4 is 15.8 Å². The molecule has 0 radical (unpaired) electrons. The molecule has 110 valence electrons. The molecule has 0 amide bonds. The molecule has 0 aromatic carbocycles. The van der Waals surface area contributed by atoms with Gasteiger partial charge >= 0.3 is 5.97 Å². The van der Waals surface area contributed by atoms with Crippen LogP contribution in [-0.2, 0) is 14.6 Å². The summed E-state index contributed by atoms with van der Waals surface area (Å²) in [5.41, 5.74) is 0. The van der Waals surface area contributed by atoms with Gasteiger partial charge in [-0.15, -0.1) is 0 Å². The van der Waals surface area contributed by atoms with Gasteiger partial charge in [-0.05, 0) is 25.2 Å². The molecule has 0 spiro atoms. The van der Waals surface area contributed by atoms with E-state index in [9.17, 15) is 18.3 Å². The number of aliphatic carboxylic acids is 1. The molecule has 1 N–H and O–H groups in total. The van der Waals surface area contributed by atoms with Gasteiger partial charge in [0.25, 0.3) is 0 Å². The first kappa shape index (κ1) is 14.8. The molecule has 3 atom stereocenters. The molecule has 1 aliphatic carbocycles. The van der Waals surface area contributed by atoms with Crippen LogP contribution in [0.4, 0.5) is 0 Å². The van der Waals surface area contributed by atoms with Crippen molar-refractivity contribution in [2.24, 2.45) is 11.8 Å². The van der Waals surface area contributed by atoms with Crippen molar-refractivity contribution in [1.82, 2.24) is 4.90 Å². The summed E-state index contributed by atoms with van der Waals surface area (Å²) in [6.45, 7) is 3.13. The quantitative estimate of drug-likeness (QED) is 0.839. The predicted octanol–water partition coefficient (Wildman–Crippen LogP) is 0.996. The fraction of sp³-hybridized carbons (Fsp3) is 0.923. The maximum absolute atomic E-state index is 11.5. The normalized spacial score (nSPS) is 35.9. The lowest BCUT2D eigenvalue weighted by Crippen LogP contribution is -2.52. The fourth-order valence-electron chi connectivity index (χ4n) is 3.35. The van der Waals surface area contributed by atoms with Crippen LogP contribution in [0.15, 0.2) is 0 Å². The third-order valence-electron chi connectivity index (χ3n) is 4.67. The molecule has 19 heavy (non-hydrogen) atoms. The largest absolute Gasteiger partial charge is 0.481 e. The van der Waals surface area contributed by atoms with Crippen molar-refractivity contribution in [3.63, 3.8) is 0 Å². The van der Waals surface area contributed by atoms with Crippen molar-refractivity contribution in [3.8, 4) is 0 Å². The highest BCUT2D eigenvalue weighted by atomic mass is 32.2. The summed E-state index contributed by atoms with van der Waals surface area (Å²) in [5.74, 6) is -0.130. The van der Waals surface area contributed by atoms with Crippen LogP contribution in [0.1, 0.15) is 32.6 Å². The SMILES string of the molecule is CCC1CCC(C(=O)O)C(N2CCS(=O)(=O)CC2)C1. The Morgan fingerprint density at radius 2 is 1.89 bits per heavy atom. The Hall–Kier alpha value is -0.620. The van der Waals surface area contributed by atoms with Crippen molar-refractivity contribution in [3.05, 3.63) is 0 Å². The minimum Gasteiger partial charge on any atom is -0.481 e. The van der Waals surface area contributed by atoms with E-state index in [1.54, 1.807) is 0 Å². The molecule has 1 aliphatic heterocycles. The summed E-state index contributed by atoms with van der Waals surface area (Å²) in [4.78, 5) is 13.5. The number of rotatable bonds is 3. The van der Waals surface area contributed by atoms with Gasteiger partial charge in [0.05, 0.1) is 17.4 Å². The number of carboxylic acids is 1. The van der Waals surface area contributed by atoms with Crippen LogP contribution in [0, 0.1) is 11.8 Å². The van der Waals surface area contributed by atoms with Gasteiger partial charge in [0, 0.05) is 19.1 Å². The van der Waals surface area contributed by atoms with Gasteiger partial charge < -0.3 is 5.11 Å². The number of hydrogen-bond acceptors (Lipinski definition) is 4. The van der Waals surface area contributed by atoms with E-state index in [1.165, 1.54) is 0 Å². The van der Waals surface area contributed by atoms with Crippen molar-refractivity contribution in [2.75, 3.05) is 24.6 Å². The van der Waals surface area contributed by atoms with Crippen LogP contribution in [0.25, 0.3) is 0 Å². The van der Waals surface area contributed by atoms with E-state index in [-0.39, 0.29) is 23.5 Å². The Kier molecular flexibility index (Phi) is 4.50. The Bertz CT molecular complexity index is 420. The molecule has 6 heteroatoms. The van der Waals surface area contributed by atoms with Crippen molar-refractivity contribution < 1.29 is 18.3 Å². The van der Waals surface area contributed by atoms with Crippen molar-refractivity contribution in [2.45, 2.75) is 38.6 Å². The van der Waals surface area contributed by atoms with E-state index < -0.39 is 15.8 Å². The number of carbonyl (C=O) groups is 1. The van der Waals surface area contributed by atoms with Gasteiger partial charge in [0.15, 0.2) is 9.84 Å². The molecule has 1 saturated carbocycles.